The second-order valence-corrected chi connectivity index (χ2v) is 5.77. The highest BCUT2D eigenvalue weighted by atomic mass is 35.5. The lowest BCUT2D eigenvalue weighted by Gasteiger charge is -2.29. The van der Waals surface area contributed by atoms with E-state index in [4.69, 9.17) is 16.0 Å². The van der Waals surface area contributed by atoms with E-state index in [-0.39, 0.29) is 5.38 Å². The van der Waals surface area contributed by atoms with Crippen LogP contribution < -0.4 is 5.32 Å². The van der Waals surface area contributed by atoms with Gasteiger partial charge < -0.3 is 9.73 Å². The maximum absolute atomic E-state index is 5.91. The number of hydrogen-bond donors (Lipinski definition) is 1. The number of rotatable bonds is 5. The number of anilines is 1. The lowest BCUT2D eigenvalue weighted by Crippen LogP contribution is -2.30. The molecule has 2 rings (SSSR count). The highest BCUT2D eigenvalue weighted by molar-refractivity contribution is 6.20. The number of alkyl halides is 1. The second kappa shape index (κ2) is 6.41. The van der Waals surface area contributed by atoms with Crippen molar-refractivity contribution in [1.29, 1.82) is 0 Å². The Bertz CT molecular complexity index is 361. The first-order valence-electron chi connectivity index (χ1n) is 6.94. The molecule has 0 aliphatic heterocycles. The van der Waals surface area contributed by atoms with Gasteiger partial charge in [-0.15, -0.1) is 16.7 Å². The number of halogens is 1. The molecule has 0 radical (unpaired) electrons. The molecule has 18 heavy (non-hydrogen) atoms. The third kappa shape index (κ3) is 3.37. The van der Waals surface area contributed by atoms with Crippen molar-refractivity contribution in [3.63, 3.8) is 0 Å². The number of hydrogen-bond acceptors (Lipinski definition) is 4. The van der Waals surface area contributed by atoms with E-state index in [1.807, 2.05) is 6.92 Å². The molecule has 1 saturated carbocycles. The van der Waals surface area contributed by atoms with Crippen LogP contribution in [-0.2, 0) is 0 Å². The van der Waals surface area contributed by atoms with E-state index in [9.17, 15) is 0 Å². The average molecular weight is 272 g/mol. The molecule has 2 unspecified atom stereocenters. The molecule has 0 bridgehead atoms. The van der Waals surface area contributed by atoms with E-state index in [1.54, 1.807) is 0 Å². The number of aromatic nitrogens is 2. The zero-order chi connectivity index (χ0) is 13.0. The van der Waals surface area contributed by atoms with Crippen LogP contribution in [0.5, 0.6) is 0 Å². The van der Waals surface area contributed by atoms with E-state index < -0.39 is 0 Å². The van der Waals surface area contributed by atoms with Gasteiger partial charge in [0.05, 0.1) is 0 Å². The van der Waals surface area contributed by atoms with E-state index in [0.29, 0.717) is 17.9 Å². The molecule has 1 heterocycles. The van der Waals surface area contributed by atoms with Gasteiger partial charge in [0.1, 0.15) is 5.38 Å². The molecular weight excluding hydrogens is 250 g/mol. The molecule has 1 aromatic heterocycles. The molecule has 0 spiro atoms. The Kier molecular flexibility index (Phi) is 4.87. The van der Waals surface area contributed by atoms with Gasteiger partial charge in [-0.1, -0.05) is 31.3 Å². The maximum atomic E-state index is 5.91. The Hall–Kier alpha value is -0.770. The van der Waals surface area contributed by atoms with Crippen molar-refractivity contribution in [2.75, 3.05) is 5.32 Å². The summed E-state index contributed by atoms with van der Waals surface area (Å²) in [7, 11) is 0. The van der Waals surface area contributed by atoms with Gasteiger partial charge in [0.15, 0.2) is 0 Å². The van der Waals surface area contributed by atoms with Crippen LogP contribution in [-0.4, -0.2) is 16.2 Å². The predicted octanol–water partition coefficient (Wildman–Crippen LogP) is 4.14. The second-order valence-electron chi connectivity index (χ2n) is 5.12. The first-order valence-corrected chi connectivity index (χ1v) is 7.38. The Labute approximate surface area is 113 Å². The fraction of sp³-hybridized carbons (Fsp3) is 0.846. The topological polar surface area (TPSA) is 51.0 Å². The van der Waals surface area contributed by atoms with Crippen LogP contribution in [0.15, 0.2) is 4.42 Å². The average Bonchev–Trinajstić information content (AvgIpc) is 2.86. The van der Waals surface area contributed by atoms with E-state index in [1.165, 1.54) is 32.1 Å². The Balaban J connectivity index is 1.95. The van der Waals surface area contributed by atoms with Gasteiger partial charge in [0.25, 0.3) is 0 Å². The normalized spacial score (nSPS) is 20.6. The highest BCUT2D eigenvalue weighted by Crippen LogP contribution is 2.29. The number of nitrogens with one attached hydrogen (secondary N) is 1. The Morgan fingerprint density at radius 3 is 2.61 bits per heavy atom. The quantitative estimate of drug-likeness (QED) is 0.818. The fourth-order valence-corrected chi connectivity index (χ4v) is 2.79. The molecule has 1 fully saturated rings. The summed E-state index contributed by atoms with van der Waals surface area (Å²) in [5.41, 5.74) is 0. The summed E-state index contributed by atoms with van der Waals surface area (Å²) in [6.07, 6.45) is 7.75. The van der Waals surface area contributed by atoms with Gasteiger partial charge >= 0.3 is 6.01 Å². The standard InChI is InChI=1S/C13H22ClN3O/c1-3-11(10-7-5-4-6-8-10)15-13-17-16-12(18-13)9(2)14/h9-11H,3-8H2,1-2H3,(H,15,17). The molecule has 1 N–H and O–H groups in total. The summed E-state index contributed by atoms with van der Waals surface area (Å²) in [6, 6.07) is 0.944. The van der Waals surface area contributed by atoms with Gasteiger partial charge in [-0.3, -0.25) is 0 Å². The molecule has 1 aliphatic rings. The van der Waals surface area contributed by atoms with Gasteiger partial charge in [-0.25, -0.2) is 0 Å². The van der Waals surface area contributed by atoms with Gasteiger partial charge in [0.2, 0.25) is 5.89 Å². The summed E-state index contributed by atoms with van der Waals surface area (Å²) in [6.45, 7) is 4.03. The summed E-state index contributed by atoms with van der Waals surface area (Å²) in [5, 5.41) is 11.1. The van der Waals surface area contributed by atoms with Crippen LogP contribution >= 0.6 is 11.6 Å². The zero-order valence-corrected chi connectivity index (χ0v) is 11.9. The molecule has 102 valence electrons. The van der Waals surface area contributed by atoms with Crippen molar-refractivity contribution in [3.05, 3.63) is 5.89 Å². The summed E-state index contributed by atoms with van der Waals surface area (Å²) in [5.74, 6) is 1.21. The Morgan fingerprint density at radius 1 is 1.33 bits per heavy atom. The molecule has 0 saturated heterocycles. The highest BCUT2D eigenvalue weighted by Gasteiger charge is 2.24. The number of nitrogens with zero attached hydrogens (tertiary/aromatic N) is 2. The lowest BCUT2D eigenvalue weighted by atomic mass is 9.83. The molecule has 0 amide bonds. The first kappa shape index (κ1) is 13.7. The van der Waals surface area contributed by atoms with Gasteiger partial charge in [0, 0.05) is 6.04 Å². The van der Waals surface area contributed by atoms with Crippen LogP contribution in [0.1, 0.15) is 63.6 Å². The summed E-state index contributed by atoms with van der Waals surface area (Å²) >= 11 is 5.91. The maximum Gasteiger partial charge on any atom is 0.315 e. The van der Waals surface area contributed by atoms with Crippen LogP contribution in [0.4, 0.5) is 6.01 Å². The monoisotopic (exact) mass is 271 g/mol. The van der Waals surface area contributed by atoms with Crippen molar-refractivity contribution < 1.29 is 4.42 Å². The van der Waals surface area contributed by atoms with Crippen LogP contribution in [0, 0.1) is 5.92 Å². The third-order valence-corrected chi connectivity index (χ3v) is 3.94. The largest absolute Gasteiger partial charge is 0.406 e. The SMILES string of the molecule is CCC(Nc1nnc(C(C)Cl)o1)C1CCCCC1. The van der Waals surface area contributed by atoms with Crippen LogP contribution in [0.3, 0.4) is 0 Å². The summed E-state index contributed by atoms with van der Waals surface area (Å²) < 4.78 is 5.50. The van der Waals surface area contributed by atoms with Crippen LogP contribution in [0.2, 0.25) is 0 Å². The molecule has 0 aromatic carbocycles. The molecule has 4 nitrogen and oxygen atoms in total. The minimum absolute atomic E-state index is 0.234. The first-order chi connectivity index (χ1) is 8.70. The van der Waals surface area contributed by atoms with Crippen molar-refractivity contribution in [2.24, 2.45) is 5.92 Å². The predicted molar refractivity (Wildman–Crippen MR) is 72.8 cm³/mol. The zero-order valence-electron chi connectivity index (χ0n) is 11.2. The third-order valence-electron chi connectivity index (χ3n) is 3.75. The minimum atomic E-state index is -0.234. The smallest absolute Gasteiger partial charge is 0.315 e. The summed E-state index contributed by atoms with van der Waals surface area (Å²) in [4.78, 5) is 0. The molecule has 1 aromatic rings. The van der Waals surface area contributed by atoms with Gasteiger partial charge in [-0.2, -0.15) is 0 Å². The van der Waals surface area contributed by atoms with E-state index in [2.05, 4.69) is 22.4 Å². The van der Waals surface area contributed by atoms with Crippen molar-refractivity contribution in [2.45, 2.75) is 63.8 Å². The van der Waals surface area contributed by atoms with Crippen molar-refractivity contribution in [1.82, 2.24) is 10.2 Å². The Morgan fingerprint density at radius 2 is 2.06 bits per heavy atom. The van der Waals surface area contributed by atoms with Crippen molar-refractivity contribution >= 4 is 17.6 Å². The molecular formula is C13H22ClN3O. The van der Waals surface area contributed by atoms with Gasteiger partial charge in [-0.05, 0) is 32.1 Å². The minimum Gasteiger partial charge on any atom is -0.406 e. The molecule has 1 aliphatic carbocycles. The van der Waals surface area contributed by atoms with E-state index >= 15 is 0 Å². The molecule has 2 atom stereocenters. The fourth-order valence-electron chi connectivity index (χ4n) is 2.70. The van der Waals surface area contributed by atoms with E-state index in [0.717, 1.165) is 12.3 Å². The molecule has 5 heteroatoms. The lowest BCUT2D eigenvalue weighted by molar-refractivity contribution is 0.308. The van der Waals surface area contributed by atoms with Crippen molar-refractivity contribution in [3.8, 4) is 0 Å². The van der Waals surface area contributed by atoms with Crippen LogP contribution in [0.25, 0.3) is 0 Å².